The Bertz CT molecular complexity index is 1950. The lowest BCUT2D eigenvalue weighted by Gasteiger charge is -2.08. The second-order valence-corrected chi connectivity index (χ2v) is 10.8. The van der Waals surface area contributed by atoms with Crippen LogP contribution < -0.4 is 10.5 Å². The van der Waals surface area contributed by atoms with Crippen molar-refractivity contribution in [1.29, 1.82) is 0 Å². The van der Waals surface area contributed by atoms with Gasteiger partial charge in [0.05, 0.1) is 28.4 Å². The predicted octanol–water partition coefficient (Wildman–Crippen LogP) is 4.00. The molecule has 5 N–H and O–H groups in total. The number of aromatic amines is 2. The van der Waals surface area contributed by atoms with Crippen LogP contribution in [0.2, 0.25) is 0 Å². The van der Waals surface area contributed by atoms with E-state index in [1.807, 2.05) is 30.3 Å². The number of halogens is 1. The highest BCUT2D eigenvalue weighted by atomic mass is 32.2. The van der Waals surface area contributed by atoms with Gasteiger partial charge in [-0.3, -0.25) is 10.1 Å². The van der Waals surface area contributed by atoms with Crippen LogP contribution in [-0.4, -0.2) is 44.8 Å². The van der Waals surface area contributed by atoms with Crippen LogP contribution in [0.5, 0.6) is 0 Å². The topological polar surface area (TPSA) is 155 Å². The van der Waals surface area contributed by atoms with E-state index in [2.05, 4.69) is 29.9 Å². The Morgan fingerprint density at radius 1 is 1.03 bits per heavy atom. The lowest BCUT2D eigenvalue weighted by atomic mass is 10.0. The molecule has 0 radical (unpaired) electrons. The van der Waals surface area contributed by atoms with E-state index in [-0.39, 0.29) is 6.54 Å². The molecule has 0 aliphatic carbocycles. The molecule has 0 saturated heterocycles. The normalized spacial score (nSPS) is 11.9. The van der Waals surface area contributed by atoms with Crippen LogP contribution in [0, 0.1) is 5.82 Å². The van der Waals surface area contributed by atoms with E-state index < -0.39 is 15.8 Å². The number of para-hydroxylation sites is 1. The number of hydrogen-bond donors (Lipinski definition) is 4. The molecule has 6 aromatic rings. The van der Waals surface area contributed by atoms with E-state index in [9.17, 15) is 12.8 Å². The molecule has 10 nitrogen and oxygen atoms in total. The van der Waals surface area contributed by atoms with Crippen molar-refractivity contribution in [2.24, 2.45) is 0 Å². The molecule has 6 rings (SSSR count). The molecule has 4 heterocycles. The lowest BCUT2D eigenvalue weighted by Crippen LogP contribution is -2.21. The number of rotatable bonds is 6. The van der Waals surface area contributed by atoms with Crippen molar-refractivity contribution in [2.75, 3.05) is 12.0 Å². The fourth-order valence-corrected chi connectivity index (χ4v) is 4.79. The summed E-state index contributed by atoms with van der Waals surface area (Å²) >= 11 is 0. The maximum absolute atomic E-state index is 14.5. The maximum Gasteiger partial charge on any atom is 0.209 e. The minimum atomic E-state index is -3.42. The van der Waals surface area contributed by atoms with Gasteiger partial charge in [-0.2, -0.15) is 5.10 Å². The number of benzene rings is 2. The zero-order valence-electron chi connectivity index (χ0n) is 20.0. The van der Waals surface area contributed by atoms with Crippen molar-refractivity contribution < 1.29 is 12.8 Å². The quantitative estimate of drug-likeness (QED) is 0.255. The van der Waals surface area contributed by atoms with Crippen LogP contribution in [0.3, 0.4) is 0 Å². The first-order valence-electron chi connectivity index (χ1n) is 11.5. The van der Waals surface area contributed by atoms with E-state index in [4.69, 9.17) is 10.7 Å². The highest BCUT2D eigenvalue weighted by Gasteiger charge is 2.17. The van der Waals surface area contributed by atoms with Crippen molar-refractivity contribution in [2.45, 2.75) is 6.54 Å². The number of nitrogen functional groups attached to an aromatic ring is 1. The molecule has 190 valence electrons. The number of anilines is 1. The monoisotopic (exact) mass is 528 g/mol. The Hall–Kier alpha value is -4.68. The summed E-state index contributed by atoms with van der Waals surface area (Å²) in [4.78, 5) is 16.8. The Morgan fingerprint density at radius 3 is 2.68 bits per heavy atom. The third-order valence-electron chi connectivity index (χ3n) is 6.05. The molecule has 38 heavy (non-hydrogen) atoms. The highest BCUT2D eigenvalue weighted by Crippen LogP contribution is 2.33. The summed E-state index contributed by atoms with van der Waals surface area (Å²) in [5, 5.41) is 8.14. The summed E-state index contributed by atoms with van der Waals surface area (Å²) in [6.07, 6.45) is 6.07. The van der Waals surface area contributed by atoms with Gasteiger partial charge in [-0.25, -0.2) is 27.5 Å². The average molecular weight is 529 g/mol. The van der Waals surface area contributed by atoms with Crippen molar-refractivity contribution in [3.05, 3.63) is 78.5 Å². The van der Waals surface area contributed by atoms with Crippen LogP contribution in [0.4, 0.5) is 10.1 Å². The molecule has 0 unspecified atom stereocenters. The molecule has 0 bridgehead atoms. The Kier molecular flexibility index (Phi) is 5.62. The minimum absolute atomic E-state index is 0.0252. The first-order valence-corrected chi connectivity index (χ1v) is 13.4. The predicted molar refractivity (Wildman–Crippen MR) is 144 cm³/mol. The van der Waals surface area contributed by atoms with Gasteiger partial charge in [-0.1, -0.05) is 12.1 Å². The molecule has 0 spiro atoms. The molecule has 0 saturated carbocycles. The molecular weight excluding hydrogens is 507 g/mol. The average Bonchev–Trinajstić information content (AvgIpc) is 3.50. The van der Waals surface area contributed by atoms with Gasteiger partial charge in [0.2, 0.25) is 10.0 Å². The standard InChI is InChI=1S/C26H21FN8O2S/c1-38(36,37)31-10-14-5-15(7-18(27)6-14)20-3-2-4-22-23(20)33-26(32-22)24-21-9-17(12-30-25(21)35-34-24)16-8-19(28)13-29-11-16/h2-9,11-13,31H,10,28H2,1H3,(H,32,33)(H,30,34,35). The fourth-order valence-electron chi connectivity index (χ4n) is 4.36. The summed E-state index contributed by atoms with van der Waals surface area (Å²) in [5.74, 6) is 0.0345. The molecule has 0 atom stereocenters. The second-order valence-electron chi connectivity index (χ2n) is 8.93. The van der Waals surface area contributed by atoms with Gasteiger partial charge in [0.1, 0.15) is 11.5 Å². The van der Waals surface area contributed by atoms with E-state index >= 15 is 0 Å². The SMILES string of the molecule is CS(=O)(=O)NCc1cc(F)cc(-c2cccc3[nH]c(-c4n[nH]c5ncc(-c6cncc(N)c6)cc45)nc23)c1. The van der Waals surface area contributed by atoms with Crippen LogP contribution in [-0.2, 0) is 16.6 Å². The fraction of sp³-hybridized carbons (Fsp3) is 0.0769. The summed E-state index contributed by atoms with van der Waals surface area (Å²) in [6, 6.07) is 13.8. The molecule has 2 aromatic carbocycles. The first kappa shape index (κ1) is 23.7. The van der Waals surface area contributed by atoms with Crippen molar-refractivity contribution in [3.8, 4) is 33.8 Å². The number of nitrogens with one attached hydrogen (secondary N) is 3. The number of sulfonamides is 1. The molecular formula is C26H21FN8O2S. The van der Waals surface area contributed by atoms with Gasteiger partial charge in [-0.15, -0.1) is 0 Å². The zero-order chi connectivity index (χ0) is 26.4. The first-order chi connectivity index (χ1) is 18.2. The van der Waals surface area contributed by atoms with E-state index in [1.54, 1.807) is 24.7 Å². The third-order valence-corrected chi connectivity index (χ3v) is 6.72. The van der Waals surface area contributed by atoms with Crippen LogP contribution in [0.25, 0.3) is 55.8 Å². The number of imidazole rings is 1. The zero-order valence-corrected chi connectivity index (χ0v) is 20.8. The third kappa shape index (κ3) is 4.58. The number of aromatic nitrogens is 6. The largest absolute Gasteiger partial charge is 0.397 e. The van der Waals surface area contributed by atoms with Gasteiger partial charge in [0.25, 0.3) is 0 Å². The van der Waals surface area contributed by atoms with Crippen LogP contribution in [0.15, 0.2) is 67.1 Å². The summed E-state index contributed by atoms with van der Waals surface area (Å²) in [5.41, 5.74) is 12.4. The Morgan fingerprint density at radius 2 is 1.87 bits per heavy atom. The molecule has 0 fully saturated rings. The number of nitrogens with zero attached hydrogens (tertiary/aromatic N) is 4. The van der Waals surface area contributed by atoms with E-state index in [1.165, 1.54) is 12.1 Å². The molecule has 0 aliphatic heterocycles. The van der Waals surface area contributed by atoms with Gasteiger partial charge in [-0.05, 0) is 47.5 Å². The maximum atomic E-state index is 14.5. The summed E-state index contributed by atoms with van der Waals surface area (Å²) in [7, 11) is -3.42. The number of hydrogen-bond acceptors (Lipinski definition) is 7. The number of nitrogens with two attached hydrogens (primary N) is 1. The summed E-state index contributed by atoms with van der Waals surface area (Å²) < 4.78 is 39.9. The Labute approximate surface area is 216 Å². The van der Waals surface area contributed by atoms with Crippen molar-refractivity contribution in [3.63, 3.8) is 0 Å². The lowest BCUT2D eigenvalue weighted by molar-refractivity contribution is 0.586. The van der Waals surface area contributed by atoms with Gasteiger partial charge in [0.15, 0.2) is 11.5 Å². The van der Waals surface area contributed by atoms with Gasteiger partial charge in [0, 0.05) is 41.8 Å². The highest BCUT2D eigenvalue weighted by molar-refractivity contribution is 7.88. The van der Waals surface area contributed by atoms with Crippen molar-refractivity contribution in [1.82, 2.24) is 34.9 Å². The molecule has 4 aromatic heterocycles. The Balaban J connectivity index is 1.43. The smallest absolute Gasteiger partial charge is 0.209 e. The second kappa shape index (κ2) is 9.01. The number of fused-ring (bicyclic) bond motifs is 2. The molecule has 12 heteroatoms. The van der Waals surface area contributed by atoms with E-state index in [0.717, 1.165) is 28.3 Å². The van der Waals surface area contributed by atoms with Gasteiger partial charge < -0.3 is 10.7 Å². The van der Waals surface area contributed by atoms with Crippen molar-refractivity contribution >= 4 is 37.8 Å². The van der Waals surface area contributed by atoms with E-state index in [0.29, 0.717) is 45.1 Å². The number of pyridine rings is 2. The van der Waals surface area contributed by atoms with Crippen LogP contribution in [0.1, 0.15) is 5.56 Å². The molecule has 0 aliphatic rings. The van der Waals surface area contributed by atoms with Gasteiger partial charge >= 0.3 is 0 Å². The minimum Gasteiger partial charge on any atom is -0.397 e. The molecule has 0 amide bonds. The van der Waals surface area contributed by atoms with Crippen LogP contribution >= 0.6 is 0 Å². The number of H-pyrrole nitrogens is 2. The summed E-state index contributed by atoms with van der Waals surface area (Å²) in [6.45, 7) is -0.0252.